The van der Waals surface area contributed by atoms with Gasteiger partial charge in [-0.3, -0.25) is 5.26 Å². The van der Waals surface area contributed by atoms with Gasteiger partial charge in [-0.05, 0) is 11.1 Å². The molecular weight excluding hydrogens is 224 g/mol. The van der Waals surface area contributed by atoms with Crippen molar-refractivity contribution in [2.75, 3.05) is 0 Å². The number of benzene rings is 2. The van der Waals surface area contributed by atoms with E-state index in [0.29, 0.717) is 0 Å². The third-order valence-electron chi connectivity index (χ3n) is 2.56. The average molecular weight is 241 g/mol. The Morgan fingerprint density at radius 2 is 1.67 bits per heavy atom. The summed E-state index contributed by atoms with van der Waals surface area (Å²) in [6.07, 6.45) is 2.18. The van der Waals surface area contributed by atoms with E-state index in [-0.39, 0.29) is 0 Å². The first-order chi connectivity index (χ1) is 9.31. The first-order valence-corrected chi connectivity index (χ1v) is 5.82. The van der Waals surface area contributed by atoms with Gasteiger partial charge in [0.05, 0.1) is 0 Å². The molecule has 0 saturated heterocycles. The van der Waals surface area contributed by atoms with Crippen LogP contribution in [0.4, 0.5) is 0 Å². The first kappa shape index (κ1) is 11.2. The maximum Gasteiger partial charge on any atom is 0.115 e. The average Bonchev–Trinajstić information content (AvgIpc) is 2.49. The van der Waals surface area contributed by atoms with Gasteiger partial charge >= 0.3 is 0 Å². The molecule has 0 radical (unpaired) electrons. The van der Waals surface area contributed by atoms with Crippen LogP contribution in [0.5, 0.6) is 0 Å². The summed E-state index contributed by atoms with van der Waals surface area (Å²) in [6.45, 7) is 0. The molecule has 0 spiro atoms. The van der Waals surface area contributed by atoms with E-state index >= 15 is 0 Å². The van der Waals surface area contributed by atoms with Crippen LogP contribution in [0.3, 0.4) is 0 Å². The van der Waals surface area contributed by atoms with Gasteiger partial charge in [-0.15, -0.1) is 0 Å². The van der Waals surface area contributed by atoms with E-state index in [2.05, 4.69) is 4.89 Å². The lowest BCUT2D eigenvalue weighted by Gasteiger charge is -2.08. The van der Waals surface area contributed by atoms with Gasteiger partial charge in [0.1, 0.15) is 6.10 Å². The van der Waals surface area contributed by atoms with Crippen LogP contribution in [-0.4, -0.2) is 11.4 Å². The van der Waals surface area contributed by atoms with Gasteiger partial charge in [-0.1, -0.05) is 72.8 Å². The Morgan fingerprint density at radius 1 is 1.06 bits per heavy atom. The minimum absolute atomic E-state index is 0.661. The molecule has 2 rings (SSSR count). The Morgan fingerprint density at radius 3 is 2.28 bits per heavy atom. The molecule has 1 N–H and O–H groups in total. The molecule has 0 aliphatic heterocycles. The zero-order valence-corrected chi connectivity index (χ0v) is 9.94. The van der Waals surface area contributed by atoms with Crippen LogP contribution in [0, 0.1) is 0 Å². The molecule has 0 aliphatic carbocycles. The number of hydrogen-bond donors (Lipinski definition) is 1. The van der Waals surface area contributed by atoms with Gasteiger partial charge in [0, 0.05) is 7.77 Å². The van der Waals surface area contributed by atoms with Crippen molar-refractivity contribution >= 4 is 6.08 Å². The van der Waals surface area contributed by atoms with E-state index in [4.69, 9.17) is 6.63 Å². The van der Waals surface area contributed by atoms with Gasteiger partial charge in [-0.2, -0.15) is 0 Å². The Kier molecular flexibility index (Phi) is 4.20. The van der Waals surface area contributed by atoms with Crippen molar-refractivity contribution in [1.29, 1.82) is 0 Å². The summed E-state index contributed by atoms with van der Waals surface area (Å²) in [7, 11) is 0. The topological polar surface area (TPSA) is 29.5 Å². The molecule has 18 heavy (non-hydrogen) atoms. The quantitative estimate of drug-likeness (QED) is 0.637. The largest absolute Gasteiger partial charge is 0.251 e. The van der Waals surface area contributed by atoms with E-state index < -0.39 is 12.5 Å². The van der Waals surface area contributed by atoms with E-state index in [0.717, 1.165) is 11.1 Å². The summed E-state index contributed by atoms with van der Waals surface area (Å²) in [4.78, 5) is 4.41. The van der Waals surface area contributed by atoms with Gasteiger partial charge in [0.2, 0.25) is 0 Å². The molecular formula is C16H16O2. The lowest BCUT2D eigenvalue weighted by molar-refractivity contribution is -0.265. The van der Waals surface area contributed by atoms with Crippen molar-refractivity contribution in [3.05, 3.63) is 77.9 Å². The van der Waals surface area contributed by atoms with Crippen LogP contribution in [0.15, 0.2) is 66.7 Å². The van der Waals surface area contributed by atoms with Crippen molar-refractivity contribution in [3.63, 3.8) is 0 Å². The summed E-state index contributed by atoms with van der Waals surface area (Å²) >= 11 is 0. The monoisotopic (exact) mass is 241 g/mol. The summed E-state index contributed by atoms with van der Waals surface area (Å²) < 4.78 is 8.10. The zero-order valence-electron chi connectivity index (χ0n) is 10.9. The van der Waals surface area contributed by atoms with Crippen LogP contribution < -0.4 is 0 Å². The minimum Gasteiger partial charge on any atom is -0.251 e. The van der Waals surface area contributed by atoms with E-state index in [9.17, 15) is 0 Å². The fourth-order valence-electron chi connectivity index (χ4n) is 1.65. The fraction of sp³-hybridized carbons (Fsp3) is 0.125. The van der Waals surface area contributed by atoms with Crippen molar-refractivity contribution < 1.29 is 11.5 Å². The van der Waals surface area contributed by atoms with Gasteiger partial charge in [0.25, 0.3) is 0 Å². The molecule has 2 atom stereocenters. The third-order valence-corrected chi connectivity index (χ3v) is 2.56. The highest BCUT2D eigenvalue weighted by molar-refractivity contribution is 5.49. The smallest absolute Gasteiger partial charge is 0.115 e. The summed E-state index contributed by atoms with van der Waals surface area (Å²) in [5, 5.41) is 8.96. The Labute approximate surface area is 109 Å². The molecule has 0 saturated carbocycles. The van der Waals surface area contributed by atoms with E-state index in [1.807, 2.05) is 66.7 Å². The molecule has 0 unspecified atom stereocenters. The van der Waals surface area contributed by atoms with Crippen molar-refractivity contribution in [3.8, 4) is 0 Å². The summed E-state index contributed by atoms with van der Waals surface area (Å²) in [6, 6.07) is 19.0. The second kappa shape index (κ2) is 6.74. The predicted molar refractivity (Wildman–Crippen MR) is 73.1 cm³/mol. The maximum absolute atomic E-state index is 8.96. The normalized spacial score (nSPS) is 15.3. The molecule has 2 aromatic rings. The van der Waals surface area contributed by atoms with Crippen LogP contribution in [0.2, 0.25) is 0 Å². The van der Waals surface area contributed by atoms with E-state index in [1.165, 1.54) is 0 Å². The van der Waals surface area contributed by atoms with Crippen molar-refractivity contribution in [1.82, 2.24) is 0 Å². The van der Waals surface area contributed by atoms with Gasteiger partial charge in [-0.25, -0.2) is 4.89 Å². The van der Waals surface area contributed by atoms with Gasteiger partial charge < -0.3 is 0 Å². The first-order valence-electron chi connectivity index (χ1n) is 6.39. The molecule has 0 amide bonds. The highest BCUT2D eigenvalue weighted by Crippen LogP contribution is 2.09. The molecule has 0 heterocycles. The zero-order chi connectivity index (χ0) is 13.5. The summed E-state index contributed by atoms with van der Waals surface area (Å²) in [5.74, 6) is 0. The maximum atomic E-state index is 8.96. The molecule has 0 fully saturated rings. The van der Waals surface area contributed by atoms with Gasteiger partial charge in [0.15, 0.2) is 0 Å². The van der Waals surface area contributed by atoms with Crippen LogP contribution in [0.1, 0.15) is 12.5 Å². The molecule has 2 aromatic carbocycles. The van der Waals surface area contributed by atoms with Crippen molar-refractivity contribution in [2.24, 2.45) is 0 Å². The minimum atomic E-state index is -0.692. The number of hydrogen-bond acceptors (Lipinski definition) is 2. The SMILES string of the molecule is [2H][C@H](c1ccccc1)[C@H](/C=C/c1ccccc1)OO. The van der Waals surface area contributed by atoms with Crippen LogP contribution >= 0.6 is 0 Å². The predicted octanol–water partition coefficient (Wildman–Crippen LogP) is 3.80. The van der Waals surface area contributed by atoms with Crippen molar-refractivity contribution in [2.45, 2.75) is 12.5 Å². The number of rotatable bonds is 5. The highest BCUT2D eigenvalue weighted by Gasteiger charge is 2.05. The Hall–Kier alpha value is -1.90. The second-order valence-electron chi connectivity index (χ2n) is 3.92. The van der Waals surface area contributed by atoms with Crippen LogP contribution in [-0.2, 0) is 11.3 Å². The molecule has 0 aliphatic rings. The molecule has 0 bridgehead atoms. The molecule has 2 nitrogen and oxygen atoms in total. The molecule has 92 valence electrons. The third kappa shape index (κ3) is 3.84. The lowest BCUT2D eigenvalue weighted by Crippen LogP contribution is -2.10. The molecule has 0 aromatic heterocycles. The molecule has 2 heteroatoms. The fourth-order valence-corrected chi connectivity index (χ4v) is 1.65. The van der Waals surface area contributed by atoms with E-state index in [1.54, 1.807) is 6.08 Å². The van der Waals surface area contributed by atoms with Crippen LogP contribution in [0.25, 0.3) is 6.08 Å². The standard InChI is InChI=1S/C16H16O2/c17-18-16(13-15-9-5-2-6-10-15)12-11-14-7-3-1-4-8-14/h1-12,16-17H,13H2/b12-11+/t16-/m0/s1/i13D/t13-,16+/m1. The highest BCUT2D eigenvalue weighted by atomic mass is 17.1. The Balaban J connectivity index is 2.10. The lowest BCUT2D eigenvalue weighted by atomic mass is 10.1. The Bertz CT molecular complexity index is 511. The summed E-state index contributed by atoms with van der Waals surface area (Å²) in [5.41, 5.74) is 1.81. The second-order valence-corrected chi connectivity index (χ2v) is 3.92.